The minimum Gasteiger partial charge on any atom is -0.354 e. The van der Waals surface area contributed by atoms with E-state index in [0.717, 1.165) is 11.9 Å². The maximum absolute atomic E-state index is 15.2. The van der Waals surface area contributed by atoms with Crippen molar-refractivity contribution < 1.29 is 9.18 Å². The monoisotopic (exact) mass is 445 g/mol. The minimum absolute atomic E-state index is 0.0377. The quantitative estimate of drug-likeness (QED) is 0.551. The first kappa shape index (κ1) is 22.1. The first-order valence-electron chi connectivity index (χ1n) is 10.6. The van der Waals surface area contributed by atoms with Crippen LogP contribution in [0.5, 0.6) is 0 Å². The number of halogens is 1. The number of benzene rings is 2. The Hall–Kier alpha value is -4.07. The second kappa shape index (κ2) is 8.82. The zero-order chi connectivity index (χ0) is 23.6. The fourth-order valence-corrected chi connectivity index (χ4v) is 3.96. The van der Waals surface area contributed by atoms with Crippen LogP contribution < -0.4 is 15.6 Å². The molecule has 0 aliphatic carbocycles. The number of carbonyl (C=O) groups excluding carboxylic acids is 1. The van der Waals surface area contributed by atoms with Crippen molar-refractivity contribution in [2.45, 2.75) is 32.2 Å². The molecule has 1 aliphatic heterocycles. The average molecular weight is 445 g/mol. The molecule has 1 aromatic heterocycles. The van der Waals surface area contributed by atoms with Gasteiger partial charge in [0.05, 0.1) is 5.70 Å². The summed E-state index contributed by atoms with van der Waals surface area (Å²) in [6.07, 6.45) is 4.99. The van der Waals surface area contributed by atoms with Crippen LogP contribution in [0.1, 0.15) is 32.4 Å². The van der Waals surface area contributed by atoms with Crippen LogP contribution in [0.2, 0.25) is 0 Å². The Morgan fingerprint density at radius 1 is 1.15 bits per heavy atom. The van der Waals surface area contributed by atoms with E-state index in [1.54, 1.807) is 11.0 Å². The second-order valence-electron chi connectivity index (χ2n) is 8.39. The van der Waals surface area contributed by atoms with Gasteiger partial charge in [0.15, 0.2) is 11.5 Å². The van der Waals surface area contributed by atoms with Crippen molar-refractivity contribution in [2.75, 3.05) is 10.2 Å². The largest absolute Gasteiger partial charge is 0.354 e. The van der Waals surface area contributed by atoms with E-state index in [0.29, 0.717) is 24.2 Å². The molecule has 0 radical (unpaired) electrons. The smallest absolute Gasteiger partial charge is 0.227 e. The van der Waals surface area contributed by atoms with Crippen molar-refractivity contribution in [2.24, 2.45) is 0 Å². The second-order valence-corrected chi connectivity index (χ2v) is 8.39. The van der Waals surface area contributed by atoms with Gasteiger partial charge >= 0.3 is 0 Å². The van der Waals surface area contributed by atoms with Crippen molar-refractivity contribution in [3.05, 3.63) is 88.6 Å². The van der Waals surface area contributed by atoms with Crippen LogP contribution in [-0.2, 0) is 4.79 Å². The van der Waals surface area contributed by atoms with Gasteiger partial charge in [0.2, 0.25) is 11.3 Å². The molecule has 1 aliphatic rings. The number of amides is 1. The van der Waals surface area contributed by atoms with Crippen molar-refractivity contribution in [3.8, 4) is 5.69 Å². The van der Waals surface area contributed by atoms with Crippen LogP contribution in [0.3, 0.4) is 0 Å². The first-order chi connectivity index (χ1) is 15.8. The average Bonchev–Trinajstić information content (AvgIpc) is 3.07. The minimum atomic E-state index is -0.571. The highest BCUT2D eigenvalue weighted by Crippen LogP contribution is 2.35. The molecule has 0 bridgehead atoms. The van der Waals surface area contributed by atoms with Gasteiger partial charge < -0.3 is 15.6 Å². The zero-order valence-corrected chi connectivity index (χ0v) is 18.4. The molecule has 0 saturated carbocycles. The number of rotatable bonds is 6. The van der Waals surface area contributed by atoms with E-state index >= 15 is 4.39 Å². The van der Waals surface area contributed by atoms with Gasteiger partial charge in [-0.3, -0.25) is 9.59 Å². The van der Waals surface area contributed by atoms with Crippen LogP contribution in [-0.4, -0.2) is 27.4 Å². The van der Waals surface area contributed by atoms with Crippen molar-refractivity contribution in [1.29, 1.82) is 5.41 Å². The van der Waals surface area contributed by atoms with Gasteiger partial charge in [0.25, 0.3) is 0 Å². The number of nitrogens with one attached hydrogen (secondary N) is 2. The Balaban J connectivity index is 1.71. The molecule has 8 heteroatoms. The maximum atomic E-state index is 15.2. The van der Waals surface area contributed by atoms with Gasteiger partial charge in [-0.15, -0.1) is 0 Å². The SMILES string of the molecule is CC1(C)CCC(=O)N1c1ccc(-n2ccc(=O)c(/C(=C/C=N)Nc3ccccc3)n2)c(F)c1. The third-order valence-electron chi connectivity index (χ3n) is 5.61. The molecule has 0 unspecified atom stereocenters. The normalized spacial score (nSPS) is 15.5. The Morgan fingerprint density at radius 2 is 1.91 bits per heavy atom. The Bertz CT molecular complexity index is 1300. The molecule has 33 heavy (non-hydrogen) atoms. The number of nitrogens with zero attached hydrogens (tertiary/aromatic N) is 3. The summed E-state index contributed by atoms with van der Waals surface area (Å²) in [5, 5.41) is 14.9. The fraction of sp³-hybridized carbons (Fsp3) is 0.200. The van der Waals surface area contributed by atoms with Crippen molar-refractivity contribution >= 4 is 29.2 Å². The van der Waals surface area contributed by atoms with Gasteiger partial charge in [0, 0.05) is 41.8 Å². The van der Waals surface area contributed by atoms with Crippen molar-refractivity contribution in [3.63, 3.8) is 0 Å². The Morgan fingerprint density at radius 3 is 2.55 bits per heavy atom. The zero-order valence-electron chi connectivity index (χ0n) is 18.4. The summed E-state index contributed by atoms with van der Waals surface area (Å²) in [5.74, 6) is -0.608. The number of hydrogen-bond donors (Lipinski definition) is 2. The lowest BCUT2D eigenvalue weighted by atomic mass is 10.0. The lowest BCUT2D eigenvalue weighted by molar-refractivity contribution is -0.117. The molecule has 1 fully saturated rings. The van der Waals surface area contributed by atoms with Gasteiger partial charge in [-0.05, 0) is 56.7 Å². The molecule has 0 atom stereocenters. The summed E-state index contributed by atoms with van der Waals surface area (Å²) in [5.41, 5.74) is 0.947. The van der Waals surface area contributed by atoms with Crippen LogP contribution in [0.25, 0.3) is 11.4 Å². The number of carbonyl (C=O) groups is 1. The number of anilines is 2. The number of allylic oxidation sites excluding steroid dienone is 1. The molecule has 2 heterocycles. The number of hydrogen-bond acceptors (Lipinski definition) is 5. The lowest BCUT2D eigenvalue weighted by Gasteiger charge is -2.31. The lowest BCUT2D eigenvalue weighted by Crippen LogP contribution is -2.40. The fourth-order valence-electron chi connectivity index (χ4n) is 3.96. The van der Waals surface area contributed by atoms with Gasteiger partial charge in [-0.1, -0.05) is 18.2 Å². The number of para-hydroxylation sites is 1. The third kappa shape index (κ3) is 4.45. The van der Waals surface area contributed by atoms with Gasteiger partial charge in [-0.2, -0.15) is 5.10 Å². The van der Waals surface area contributed by atoms with E-state index in [1.807, 2.05) is 44.2 Å². The van der Waals surface area contributed by atoms with E-state index in [9.17, 15) is 9.59 Å². The highest BCUT2D eigenvalue weighted by atomic mass is 19.1. The first-order valence-corrected chi connectivity index (χ1v) is 10.6. The highest BCUT2D eigenvalue weighted by molar-refractivity contribution is 5.97. The molecular formula is C25H24FN5O2. The molecule has 2 aromatic carbocycles. The standard InChI is InChI=1S/C25H24FN5O2/c1-25(2)13-10-23(33)31(25)18-8-9-21(19(26)16-18)30-15-12-22(32)24(29-30)20(11-14-27)28-17-6-4-3-5-7-17/h3-9,11-12,14-16,27-28H,10,13H2,1-2H3/b20-11-,27-14?. The summed E-state index contributed by atoms with van der Waals surface area (Å²) in [4.78, 5) is 26.5. The number of aromatic nitrogens is 2. The molecule has 0 spiro atoms. The summed E-state index contributed by atoms with van der Waals surface area (Å²) in [6, 6.07) is 15.0. The topological polar surface area (TPSA) is 91.1 Å². The van der Waals surface area contributed by atoms with Crippen LogP contribution in [0.4, 0.5) is 15.8 Å². The maximum Gasteiger partial charge on any atom is 0.227 e. The molecule has 2 N–H and O–H groups in total. The Kier molecular flexibility index (Phi) is 5.91. The van der Waals surface area contributed by atoms with Crippen LogP contribution >= 0.6 is 0 Å². The molecule has 168 valence electrons. The molecule has 7 nitrogen and oxygen atoms in total. The summed E-state index contributed by atoms with van der Waals surface area (Å²) in [6.45, 7) is 3.91. The highest BCUT2D eigenvalue weighted by Gasteiger charge is 2.38. The molecule has 3 aromatic rings. The van der Waals surface area contributed by atoms with E-state index in [4.69, 9.17) is 5.41 Å². The van der Waals surface area contributed by atoms with Crippen LogP contribution in [0.15, 0.2) is 71.7 Å². The van der Waals surface area contributed by atoms with Crippen molar-refractivity contribution in [1.82, 2.24) is 9.78 Å². The molecular weight excluding hydrogens is 421 g/mol. The van der Waals surface area contributed by atoms with E-state index in [1.165, 1.54) is 35.2 Å². The molecule has 1 amide bonds. The predicted molar refractivity (Wildman–Crippen MR) is 127 cm³/mol. The summed E-state index contributed by atoms with van der Waals surface area (Å²) in [7, 11) is 0. The molecule has 4 rings (SSSR count). The van der Waals surface area contributed by atoms with E-state index in [-0.39, 0.29) is 28.3 Å². The predicted octanol–water partition coefficient (Wildman–Crippen LogP) is 4.38. The van der Waals surface area contributed by atoms with E-state index in [2.05, 4.69) is 10.4 Å². The van der Waals surface area contributed by atoms with E-state index < -0.39 is 5.82 Å². The Labute approximate surface area is 190 Å². The summed E-state index contributed by atoms with van der Waals surface area (Å²) >= 11 is 0. The van der Waals surface area contributed by atoms with Gasteiger partial charge in [-0.25, -0.2) is 9.07 Å². The summed E-state index contributed by atoms with van der Waals surface area (Å²) < 4.78 is 16.4. The third-order valence-corrected chi connectivity index (χ3v) is 5.61. The van der Waals surface area contributed by atoms with Crippen LogP contribution in [0, 0.1) is 11.2 Å². The molecule has 1 saturated heterocycles. The van der Waals surface area contributed by atoms with Gasteiger partial charge in [0.1, 0.15) is 5.69 Å².